The normalized spacial score (nSPS) is 17.3. The molecule has 0 spiro atoms. The molecule has 1 aromatic heterocycles. The average Bonchev–Trinajstić information content (AvgIpc) is 3.26. The van der Waals surface area contributed by atoms with Crippen molar-refractivity contribution in [3.63, 3.8) is 0 Å². The summed E-state index contributed by atoms with van der Waals surface area (Å²) in [6.07, 6.45) is 10.3. The van der Waals surface area contributed by atoms with Crippen molar-refractivity contribution in [1.29, 1.82) is 0 Å². The van der Waals surface area contributed by atoms with Crippen molar-refractivity contribution in [2.45, 2.75) is 64.8 Å². The minimum absolute atomic E-state index is 0.233. The lowest BCUT2D eigenvalue weighted by Gasteiger charge is -2.42. The predicted molar refractivity (Wildman–Crippen MR) is 129 cm³/mol. The van der Waals surface area contributed by atoms with E-state index >= 15 is 0 Å². The molecule has 0 amide bonds. The average molecular weight is 415 g/mol. The van der Waals surface area contributed by atoms with Gasteiger partial charge in [-0.15, -0.1) is 0 Å². The molecule has 0 bridgehead atoms. The van der Waals surface area contributed by atoms with Crippen LogP contribution in [-0.4, -0.2) is 16.2 Å². The predicted octanol–water partition coefficient (Wildman–Crippen LogP) is 6.87. The van der Waals surface area contributed by atoms with Crippen molar-refractivity contribution in [2.75, 3.05) is 6.61 Å². The maximum atomic E-state index is 5.86. The Labute approximate surface area is 186 Å². The van der Waals surface area contributed by atoms with Gasteiger partial charge in [-0.25, -0.2) is 4.98 Å². The molecule has 1 aliphatic rings. The van der Waals surface area contributed by atoms with E-state index in [1.165, 1.54) is 40.7 Å². The van der Waals surface area contributed by atoms with Crippen LogP contribution in [0.4, 0.5) is 0 Å². The first-order valence-corrected chi connectivity index (χ1v) is 11.3. The number of nitrogens with zero attached hydrogens (tertiary/aromatic N) is 2. The molecule has 0 aliphatic heterocycles. The van der Waals surface area contributed by atoms with Crippen LogP contribution in [0.15, 0.2) is 61.2 Å². The number of allylic oxidation sites excluding steroid dienone is 1. The molecule has 0 fully saturated rings. The number of ether oxygens (including phenoxy) is 1. The van der Waals surface area contributed by atoms with Crippen molar-refractivity contribution in [3.8, 4) is 5.75 Å². The van der Waals surface area contributed by atoms with Crippen molar-refractivity contribution in [2.24, 2.45) is 0 Å². The molecule has 0 N–H and O–H groups in total. The van der Waals surface area contributed by atoms with Crippen molar-refractivity contribution in [3.05, 3.63) is 83.4 Å². The third-order valence-electron chi connectivity index (χ3n) is 6.75. The summed E-state index contributed by atoms with van der Waals surface area (Å²) in [5.74, 6) is 0.896. The maximum absolute atomic E-state index is 5.86. The Kier molecular flexibility index (Phi) is 5.79. The highest BCUT2D eigenvalue weighted by molar-refractivity contribution is 5.80. The standard InChI is InChI=1S/C28H34N2O/c1-21(23-8-11-25-26(19-23)28(4,5)13-12-27(25,2)3)18-22-6-9-24(10-7-22)31-17-16-30-15-14-29-20-30/h6-11,14-15,18-20H,12-13,16-17H2,1-5H3. The molecule has 1 aliphatic carbocycles. The fourth-order valence-electron chi connectivity index (χ4n) is 4.52. The molecule has 3 aromatic rings. The molecule has 0 saturated heterocycles. The van der Waals surface area contributed by atoms with Crippen LogP contribution in [0.1, 0.15) is 69.7 Å². The number of rotatable bonds is 6. The van der Waals surface area contributed by atoms with Crippen LogP contribution in [0, 0.1) is 0 Å². The van der Waals surface area contributed by atoms with E-state index in [0.717, 1.165) is 12.3 Å². The van der Waals surface area contributed by atoms with Crippen LogP contribution in [0.5, 0.6) is 5.75 Å². The van der Waals surface area contributed by atoms with E-state index < -0.39 is 0 Å². The largest absolute Gasteiger partial charge is 0.492 e. The lowest BCUT2D eigenvalue weighted by atomic mass is 9.63. The Morgan fingerprint density at radius 1 is 1.00 bits per heavy atom. The van der Waals surface area contributed by atoms with Crippen LogP contribution in [-0.2, 0) is 17.4 Å². The second-order valence-electron chi connectivity index (χ2n) is 10.1. The molecule has 0 atom stereocenters. The van der Waals surface area contributed by atoms with Gasteiger partial charge in [0.05, 0.1) is 12.9 Å². The lowest BCUT2D eigenvalue weighted by molar-refractivity contribution is 0.298. The molecule has 31 heavy (non-hydrogen) atoms. The Hall–Kier alpha value is -2.81. The van der Waals surface area contributed by atoms with Gasteiger partial charge in [-0.2, -0.15) is 0 Å². The van der Waals surface area contributed by atoms with E-state index in [0.29, 0.717) is 6.61 Å². The molecule has 3 nitrogen and oxygen atoms in total. The first-order valence-electron chi connectivity index (χ1n) is 11.3. The van der Waals surface area contributed by atoms with Gasteiger partial charge in [-0.3, -0.25) is 0 Å². The van der Waals surface area contributed by atoms with E-state index in [1.54, 1.807) is 6.20 Å². The van der Waals surface area contributed by atoms with E-state index in [2.05, 4.69) is 76.0 Å². The smallest absolute Gasteiger partial charge is 0.119 e. The first kappa shape index (κ1) is 21.4. The summed E-state index contributed by atoms with van der Waals surface area (Å²) in [6.45, 7) is 13.2. The number of aromatic nitrogens is 2. The number of hydrogen-bond acceptors (Lipinski definition) is 2. The minimum atomic E-state index is 0.233. The summed E-state index contributed by atoms with van der Waals surface area (Å²) in [7, 11) is 0. The molecule has 0 radical (unpaired) electrons. The van der Waals surface area contributed by atoms with Crippen molar-refractivity contribution >= 4 is 11.6 Å². The molecule has 2 aromatic carbocycles. The van der Waals surface area contributed by atoms with Gasteiger partial charge in [-0.1, -0.05) is 64.1 Å². The highest BCUT2D eigenvalue weighted by Crippen LogP contribution is 2.46. The highest BCUT2D eigenvalue weighted by atomic mass is 16.5. The minimum Gasteiger partial charge on any atom is -0.492 e. The number of fused-ring (bicyclic) bond motifs is 1. The third-order valence-corrected chi connectivity index (χ3v) is 6.75. The van der Waals surface area contributed by atoms with Crippen LogP contribution < -0.4 is 4.74 Å². The second kappa shape index (κ2) is 8.37. The molecule has 0 saturated carbocycles. The van der Waals surface area contributed by atoms with Gasteiger partial charge in [0.25, 0.3) is 0 Å². The van der Waals surface area contributed by atoms with Gasteiger partial charge in [0.15, 0.2) is 0 Å². The van der Waals surface area contributed by atoms with E-state index in [4.69, 9.17) is 4.74 Å². The zero-order valence-electron chi connectivity index (χ0n) is 19.5. The van der Waals surface area contributed by atoms with Crippen LogP contribution in [0.2, 0.25) is 0 Å². The van der Waals surface area contributed by atoms with Gasteiger partial charge < -0.3 is 9.30 Å². The Morgan fingerprint density at radius 3 is 2.39 bits per heavy atom. The van der Waals surface area contributed by atoms with E-state index in [-0.39, 0.29) is 10.8 Å². The van der Waals surface area contributed by atoms with E-state index in [1.807, 2.05) is 29.2 Å². The zero-order valence-corrected chi connectivity index (χ0v) is 19.5. The molecule has 3 heteroatoms. The summed E-state index contributed by atoms with van der Waals surface area (Å²) in [5, 5.41) is 0. The highest BCUT2D eigenvalue weighted by Gasteiger charge is 2.36. The van der Waals surface area contributed by atoms with Gasteiger partial charge in [0.1, 0.15) is 12.4 Å². The summed E-state index contributed by atoms with van der Waals surface area (Å²) in [6, 6.07) is 15.4. The number of benzene rings is 2. The van der Waals surface area contributed by atoms with Crippen molar-refractivity contribution in [1.82, 2.24) is 9.55 Å². The molecule has 4 rings (SSSR count). The Morgan fingerprint density at radius 2 is 1.71 bits per heavy atom. The SMILES string of the molecule is CC(=Cc1ccc(OCCn2ccnc2)cc1)c1ccc2c(c1)C(C)(C)CCC2(C)C. The van der Waals surface area contributed by atoms with Gasteiger partial charge in [-0.05, 0) is 70.6 Å². The summed E-state index contributed by atoms with van der Waals surface area (Å²) < 4.78 is 7.87. The fourth-order valence-corrected chi connectivity index (χ4v) is 4.52. The molecular formula is C28H34N2O. The van der Waals surface area contributed by atoms with Crippen LogP contribution >= 0.6 is 0 Å². The van der Waals surface area contributed by atoms with Crippen LogP contribution in [0.25, 0.3) is 11.6 Å². The molecule has 0 unspecified atom stereocenters. The Bertz CT molecular complexity index is 1060. The topological polar surface area (TPSA) is 27.1 Å². The maximum Gasteiger partial charge on any atom is 0.119 e. The molecule has 1 heterocycles. The number of imidazole rings is 1. The van der Waals surface area contributed by atoms with Crippen molar-refractivity contribution < 1.29 is 4.74 Å². The lowest BCUT2D eigenvalue weighted by Crippen LogP contribution is -2.33. The molecular weight excluding hydrogens is 380 g/mol. The summed E-state index contributed by atoms with van der Waals surface area (Å²) in [5.41, 5.74) is 7.30. The van der Waals surface area contributed by atoms with E-state index in [9.17, 15) is 0 Å². The fraction of sp³-hybridized carbons (Fsp3) is 0.393. The summed E-state index contributed by atoms with van der Waals surface area (Å²) >= 11 is 0. The number of hydrogen-bond donors (Lipinski definition) is 0. The quantitative estimate of drug-likeness (QED) is 0.411. The van der Waals surface area contributed by atoms with Gasteiger partial charge in [0.2, 0.25) is 0 Å². The van der Waals surface area contributed by atoms with Gasteiger partial charge in [0, 0.05) is 12.4 Å². The third kappa shape index (κ3) is 4.76. The summed E-state index contributed by atoms with van der Waals surface area (Å²) in [4.78, 5) is 4.05. The van der Waals surface area contributed by atoms with Gasteiger partial charge >= 0.3 is 0 Å². The zero-order chi connectivity index (χ0) is 22.1. The monoisotopic (exact) mass is 414 g/mol. The Balaban J connectivity index is 1.48. The molecule has 162 valence electrons. The second-order valence-corrected chi connectivity index (χ2v) is 10.1. The first-order chi connectivity index (χ1) is 14.7. The van der Waals surface area contributed by atoms with Crippen LogP contribution in [0.3, 0.4) is 0 Å².